The third-order valence-electron chi connectivity index (χ3n) is 4.19. The van der Waals surface area contributed by atoms with E-state index in [0.29, 0.717) is 0 Å². The minimum absolute atomic E-state index is 0.159. The van der Waals surface area contributed by atoms with Gasteiger partial charge in [-0.15, -0.1) is 0 Å². The lowest BCUT2D eigenvalue weighted by Crippen LogP contribution is -2.33. The summed E-state index contributed by atoms with van der Waals surface area (Å²) in [5.74, 6) is 0.159. The lowest BCUT2D eigenvalue weighted by Gasteiger charge is -2.42. The summed E-state index contributed by atoms with van der Waals surface area (Å²) in [6.07, 6.45) is 2.40. The van der Waals surface area contributed by atoms with Crippen LogP contribution in [0.25, 0.3) is 5.76 Å². The number of rotatable bonds is 1. The number of fused-ring (bicyclic) bond motifs is 1. The molecule has 0 amide bonds. The minimum atomic E-state index is 0.159. The van der Waals surface area contributed by atoms with Crippen molar-refractivity contribution in [2.24, 2.45) is 0 Å². The van der Waals surface area contributed by atoms with Crippen molar-refractivity contribution in [3.63, 3.8) is 0 Å². The Labute approximate surface area is 104 Å². The van der Waals surface area contributed by atoms with Crippen LogP contribution < -0.4 is 0 Å². The summed E-state index contributed by atoms with van der Waals surface area (Å²) >= 11 is 0. The van der Waals surface area contributed by atoms with Crippen molar-refractivity contribution in [2.45, 2.75) is 51.4 Å². The van der Waals surface area contributed by atoms with Gasteiger partial charge in [0.15, 0.2) is 0 Å². The molecular weight excluding hydrogens is 208 g/mol. The molecule has 1 aromatic carbocycles. The van der Waals surface area contributed by atoms with Crippen LogP contribution in [0.15, 0.2) is 24.8 Å². The van der Waals surface area contributed by atoms with Crippen LogP contribution in [0, 0.1) is 0 Å². The van der Waals surface area contributed by atoms with Gasteiger partial charge in [0, 0.05) is 5.56 Å². The van der Waals surface area contributed by atoms with E-state index in [1.165, 1.54) is 24.0 Å². The fourth-order valence-corrected chi connectivity index (χ4v) is 2.77. The highest BCUT2D eigenvalue weighted by atomic mass is 16.3. The summed E-state index contributed by atoms with van der Waals surface area (Å²) in [6.45, 7) is 12.8. The van der Waals surface area contributed by atoms with Crippen molar-refractivity contribution in [1.82, 2.24) is 0 Å². The molecule has 0 unspecified atom stereocenters. The van der Waals surface area contributed by atoms with Crippen molar-refractivity contribution in [1.29, 1.82) is 0 Å². The lowest BCUT2D eigenvalue weighted by molar-refractivity contribution is 0.331. The van der Waals surface area contributed by atoms with Gasteiger partial charge in [-0.2, -0.15) is 0 Å². The van der Waals surface area contributed by atoms with Gasteiger partial charge in [0.05, 0.1) is 0 Å². The molecule has 0 saturated heterocycles. The quantitative estimate of drug-likeness (QED) is 0.701. The fraction of sp³-hybridized carbons (Fsp3) is 0.500. The Morgan fingerprint density at radius 1 is 1.06 bits per heavy atom. The van der Waals surface area contributed by atoms with Crippen LogP contribution >= 0.6 is 0 Å². The van der Waals surface area contributed by atoms with Gasteiger partial charge in [-0.3, -0.25) is 0 Å². The normalized spacial score (nSPS) is 20.7. The van der Waals surface area contributed by atoms with Crippen LogP contribution in [0.4, 0.5) is 0 Å². The van der Waals surface area contributed by atoms with Gasteiger partial charge in [-0.25, -0.2) is 0 Å². The molecule has 0 radical (unpaired) electrons. The summed E-state index contributed by atoms with van der Waals surface area (Å²) in [4.78, 5) is 0. The molecule has 1 N–H and O–H groups in total. The highest BCUT2D eigenvalue weighted by Crippen LogP contribution is 2.46. The molecule has 1 nitrogen and oxygen atoms in total. The van der Waals surface area contributed by atoms with Crippen LogP contribution in [-0.2, 0) is 10.8 Å². The molecule has 0 fully saturated rings. The molecule has 1 aliphatic carbocycles. The molecule has 0 saturated carbocycles. The van der Waals surface area contributed by atoms with E-state index in [0.717, 1.165) is 5.56 Å². The number of aliphatic hydroxyl groups excluding tert-OH is 1. The molecule has 0 aliphatic heterocycles. The van der Waals surface area contributed by atoms with E-state index in [1.807, 2.05) is 6.07 Å². The van der Waals surface area contributed by atoms with E-state index in [-0.39, 0.29) is 16.6 Å². The van der Waals surface area contributed by atoms with E-state index < -0.39 is 0 Å². The molecule has 0 spiro atoms. The summed E-state index contributed by atoms with van der Waals surface area (Å²) < 4.78 is 0. The molecule has 0 bridgehead atoms. The number of hydrogen-bond acceptors (Lipinski definition) is 1. The SMILES string of the molecule is C=C(O)c1ccc2c(c1)C(C)(C)CCC2(C)C. The van der Waals surface area contributed by atoms with Crippen LogP contribution in [0.2, 0.25) is 0 Å². The summed E-state index contributed by atoms with van der Waals surface area (Å²) in [5, 5.41) is 9.53. The second-order valence-electron chi connectivity index (χ2n) is 6.47. The van der Waals surface area contributed by atoms with Crippen LogP contribution in [0.5, 0.6) is 0 Å². The monoisotopic (exact) mass is 230 g/mol. The van der Waals surface area contributed by atoms with E-state index in [9.17, 15) is 5.11 Å². The molecule has 1 aliphatic rings. The predicted molar refractivity (Wildman–Crippen MR) is 73.4 cm³/mol. The Kier molecular flexibility index (Phi) is 2.61. The number of aliphatic hydroxyl groups is 1. The van der Waals surface area contributed by atoms with E-state index in [1.54, 1.807) is 0 Å². The number of benzene rings is 1. The van der Waals surface area contributed by atoms with Gasteiger partial charge in [0.2, 0.25) is 0 Å². The summed E-state index contributed by atoms with van der Waals surface area (Å²) in [5.41, 5.74) is 4.05. The molecule has 92 valence electrons. The Balaban J connectivity index is 2.64. The van der Waals surface area contributed by atoms with Gasteiger partial charge in [0.25, 0.3) is 0 Å². The Morgan fingerprint density at radius 2 is 1.59 bits per heavy atom. The van der Waals surface area contributed by atoms with Crippen molar-refractivity contribution < 1.29 is 5.11 Å². The van der Waals surface area contributed by atoms with Gasteiger partial charge in [0.1, 0.15) is 5.76 Å². The lowest BCUT2D eigenvalue weighted by atomic mass is 9.63. The van der Waals surface area contributed by atoms with Gasteiger partial charge in [-0.1, -0.05) is 46.4 Å². The first-order valence-corrected chi connectivity index (χ1v) is 6.27. The third kappa shape index (κ3) is 1.99. The zero-order chi connectivity index (χ0) is 12.8. The third-order valence-corrected chi connectivity index (χ3v) is 4.19. The summed E-state index contributed by atoms with van der Waals surface area (Å²) in [6, 6.07) is 6.25. The van der Waals surface area contributed by atoms with E-state index in [2.05, 4.69) is 46.4 Å². The predicted octanol–water partition coefficient (Wildman–Crippen LogP) is 4.56. The smallest absolute Gasteiger partial charge is 0.115 e. The standard InChI is InChI=1S/C16H22O/c1-11(17)12-6-7-13-14(10-12)16(4,5)9-8-15(13,2)3/h6-7,10,17H,1,8-9H2,2-5H3. The fourth-order valence-electron chi connectivity index (χ4n) is 2.77. The van der Waals surface area contributed by atoms with Gasteiger partial charge >= 0.3 is 0 Å². The van der Waals surface area contributed by atoms with Crippen molar-refractivity contribution in [2.75, 3.05) is 0 Å². The van der Waals surface area contributed by atoms with E-state index in [4.69, 9.17) is 0 Å². The topological polar surface area (TPSA) is 20.2 Å². The van der Waals surface area contributed by atoms with Crippen molar-refractivity contribution >= 4 is 5.76 Å². The average Bonchev–Trinajstić information content (AvgIpc) is 2.24. The largest absolute Gasteiger partial charge is 0.508 e. The van der Waals surface area contributed by atoms with Crippen molar-refractivity contribution in [3.05, 3.63) is 41.5 Å². The molecule has 0 heterocycles. The minimum Gasteiger partial charge on any atom is -0.508 e. The average molecular weight is 230 g/mol. The Hall–Kier alpha value is -1.24. The second-order valence-corrected chi connectivity index (χ2v) is 6.47. The highest BCUT2D eigenvalue weighted by Gasteiger charge is 2.36. The molecule has 1 heteroatoms. The van der Waals surface area contributed by atoms with Crippen LogP contribution in [-0.4, -0.2) is 5.11 Å². The molecule has 0 atom stereocenters. The molecule has 1 aromatic rings. The Morgan fingerprint density at radius 3 is 2.12 bits per heavy atom. The van der Waals surface area contributed by atoms with Gasteiger partial charge in [-0.05, 0) is 40.9 Å². The first kappa shape index (κ1) is 12.2. The highest BCUT2D eigenvalue weighted by molar-refractivity contribution is 5.59. The molecule has 17 heavy (non-hydrogen) atoms. The maximum absolute atomic E-state index is 9.53. The van der Waals surface area contributed by atoms with Crippen molar-refractivity contribution in [3.8, 4) is 0 Å². The molecular formula is C16H22O. The Bertz CT molecular complexity index is 466. The number of hydrogen-bond donors (Lipinski definition) is 1. The first-order valence-electron chi connectivity index (χ1n) is 6.27. The second kappa shape index (κ2) is 3.63. The molecule has 0 aromatic heterocycles. The van der Waals surface area contributed by atoms with Crippen LogP contribution in [0.3, 0.4) is 0 Å². The maximum Gasteiger partial charge on any atom is 0.115 e. The maximum atomic E-state index is 9.53. The summed E-state index contributed by atoms with van der Waals surface area (Å²) in [7, 11) is 0. The zero-order valence-corrected chi connectivity index (χ0v) is 11.3. The van der Waals surface area contributed by atoms with Crippen LogP contribution in [0.1, 0.15) is 57.2 Å². The van der Waals surface area contributed by atoms with Gasteiger partial charge < -0.3 is 5.11 Å². The zero-order valence-electron chi connectivity index (χ0n) is 11.3. The molecule has 2 rings (SSSR count). The van der Waals surface area contributed by atoms with E-state index >= 15 is 0 Å². The first-order chi connectivity index (χ1) is 7.74.